The van der Waals surface area contributed by atoms with Gasteiger partial charge in [-0.1, -0.05) is 443 Å². The van der Waals surface area contributed by atoms with Crippen LogP contribution in [0.25, 0.3) is 284 Å². The molecule has 30 rings (SSSR count). The maximum absolute atomic E-state index is 9.39. The van der Waals surface area contributed by atoms with Crippen LogP contribution in [0, 0.1) is 6.92 Å². The number of hydrogen-bond donors (Lipinski definition) is 0. The van der Waals surface area contributed by atoms with Gasteiger partial charge in [-0.3, -0.25) is 13.7 Å². The van der Waals surface area contributed by atoms with Crippen molar-refractivity contribution in [3.63, 3.8) is 0 Å². The molecule has 0 amide bonds. The van der Waals surface area contributed by atoms with E-state index in [9.17, 15) is 2.74 Å². The minimum Gasteiger partial charge on any atom is -0.277 e. The van der Waals surface area contributed by atoms with Crippen LogP contribution >= 0.6 is 34.0 Å². The Hall–Kier alpha value is -18.8. The molecule has 9 aromatic heterocycles. The van der Waals surface area contributed by atoms with E-state index >= 15 is 0 Å². The third-order valence-electron chi connectivity index (χ3n) is 28.3. The van der Waals surface area contributed by atoms with E-state index in [2.05, 4.69) is 302 Å². The number of nitrogens with zero attached hydrogens (tertiary/aromatic N) is 12. The highest BCUT2D eigenvalue weighted by Crippen LogP contribution is 2.55. The first-order valence-corrected chi connectivity index (χ1v) is 51.8. The smallest absolute Gasteiger partial charge is 0.238 e. The van der Waals surface area contributed by atoms with Crippen LogP contribution < -0.4 is 0 Å². The molecule has 30 aromatic rings. The Bertz CT molecular complexity index is 10700. The van der Waals surface area contributed by atoms with Gasteiger partial charge < -0.3 is 0 Å². The predicted molar refractivity (Wildman–Crippen MR) is 622 cm³/mol. The fourth-order valence-corrected chi connectivity index (χ4v) is 25.7. The van der Waals surface area contributed by atoms with Gasteiger partial charge in [-0.25, -0.2) is 15.0 Å². The van der Waals surface area contributed by atoms with E-state index < -0.39 is 0 Å². The molecule has 0 atom stereocenters. The van der Waals surface area contributed by atoms with E-state index in [1.165, 1.54) is 111 Å². The molecule has 0 N–H and O–H groups in total. The van der Waals surface area contributed by atoms with Crippen LogP contribution in [0.1, 0.15) is 23.5 Å². The fraction of sp³-hybridized carbons (Fsp3) is 0.0150. The van der Waals surface area contributed by atoms with Gasteiger partial charge in [-0.2, -0.15) is 29.9 Å². The van der Waals surface area contributed by atoms with Crippen molar-refractivity contribution < 1.29 is 5.48 Å². The lowest BCUT2D eigenvalue weighted by Crippen LogP contribution is -2.06. The van der Waals surface area contributed by atoms with Gasteiger partial charge in [-0.15, -0.1) is 34.0 Å². The lowest BCUT2D eigenvalue weighted by atomic mass is 9.97. The summed E-state index contributed by atoms with van der Waals surface area (Å²) in [7, 11) is 0. The van der Waals surface area contributed by atoms with Gasteiger partial charge in [0.15, 0.2) is 34.9 Å². The van der Waals surface area contributed by atoms with Gasteiger partial charge in [0.1, 0.15) is 0 Å². The molecule has 9 heterocycles. The van der Waals surface area contributed by atoms with E-state index in [4.69, 9.17) is 47.6 Å². The minimum absolute atomic E-state index is 0.102. The number of aromatic nitrogens is 12. The van der Waals surface area contributed by atoms with Crippen LogP contribution in [-0.4, -0.2) is 58.6 Å². The maximum atomic E-state index is 9.39. The van der Waals surface area contributed by atoms with Gasteiger partial charge in [0.25, 0.3) is 0 Å². The zero-order valence-electron chi connectivity index (χ0n) is 83.8. The highest BCUT2D eigenvalue weighted by molar-refractivity contribution is 7.28. The Kier molecular flexibility index (Phi) is 20.3. The number of aryl methyl sites for hydroxylation is 1. The van der Waals surface area contributed by atoms with Crippen LogP contribution in [0.3, 0.4) is 0 Å². The minimum atomic E-state index is -0.315. The van der Waals surface area contributed by atoms with E-state index in [1.54, 1.807) is 11.3 Å². The standard InChI is InChI=1S/C46H30N4S.C44H28N4S.C43H26N4S/c1-2-15-30-22-14-25-36-40-41-39(34-23-12-13-24-35(34)43(40)51-42(30)36)37-28-33(29-16-6-3-7-17-29)26-27-38(37)50(41)46-48-44(31-18-8-4-9-19-31)47-45(49-46)32-20-10-5-11-21-32;1-27-14-13-23-34-38-39-37(32-21-11-12-22-33(32)41(38)49-40(27)34)35-26-31(28-15-5-2-6-16-28)24-25-36(35)48(39)44-46-42(29-17-7-3-8-18-29)45-43(47-44)30-19-9-4-10-20-30;1-4-15-27(16-5-1)30-24-14-25-34-37-38-36(31-21-10-11-22-32(31)40(37)48-39(30)34)33-23-12-13-26-35(33)47(38)43-45-41(28-17-6-2-7-18-28)44-42(46-43)29-19-8-3-9-20-29/h2-28H,1H3;2-26H,1H3;1-26H/b15-2+;;/i;;12D,13D,23D,26D. The zero-order chi connectivity index (χ0) is 101. The molecule has 21 aromatic carbocycles. The number of thiophene rings is 3. The number of rotatable bonds is 13. The SMILES string of the molecule is C/C=C/c1cccc2c1sc1c3ccccc3c3c4cc(-c5ccccc5)ccc4n(-c4nc(-c5ccccc5)nc(-c5ccccc5)n4)c3c21.Cc1cccc2c1sc1c3ccccc3c3c4cc(-c5ccccc5)ccc4n(-c4nc(-c5ccccc5)nc(-c5ccccc5)n4)c3c21.[2H]c1c([2H])c([2H])c2c(c1[2H])c1c3ccccc3c3sc4c(-c5ccccc5)cccc4c3c1n2-c1nc(-c2ccccc2)nc(-c2ccccc2)n1. The van der Waals surface area contributed by atoms with Crippen molar-refractivity contribution in [2.75, 3.05) is 0 Å². The Morgan fingerprint density at radius 3 is 0.885 bits per heavy atom. The molecule has 12 nitrogen and oxygen atoms in total. The first-order valence-electron chi connectivity index (χ1n) is 51.3. The summed E-state index contributed by atoms with van der Waals surface area (Å²) in [5, 5.41) is 19.7. The van der Waals surface area contributed by atoms with Crippen molar-refractivity contribution in [3.05, 3.63) is 478 Å². The Balaban J connectivity index is 0.000000109. The normalized spacial score (nSPS) is 12.2. The fourth-order valence-electron chi connectivity index (χ4n) is 21.7. The topological polar surface area (TPSA) is 131 Å². The molecule has 0 aliphatic rings. The number of fused-ring (bicyclic) bond motifs is 30. The first-order chi connectivity index (χ1) is 75.0. The summed E-state index contributed by atoms with van der Waals surface area (Å²) in [6.45, 7) is 4.29. The molecular formula is C133H84N12S3. The van der Waals surface area contributed by atoms with Crippen LogP contribution in [0.2, 0.25) is 0 Å². The molecular weight excluding hydrogens is 1860 g/mol. The van der Waals surface area contributed by atoms with Crippen LogP contribution in [-0.2, 0) is 0 Å². The molecule has 0 saturated carbocycles. The van der Waals surface area contributed by atoms with Crippen LogP contribution in [0.4, 0.5) is 0 Å². The maximum Gasteiger partial charge on any atom is 0.238 e. The molecule has 15 heteroatoms. The van der Waals surface area contributed by atoms with Gasteiger partial charge in [0, 0.05) is 142 Å². The lowest BCUT2D eigenvalue weighted by molar-refractivity contribution is 0.955. The molecule has 0 radical (unpaired) electrons. The Labute approximate surface area is 867 Å². The molecule has 0 saturated heterocycles. The predicted octanol–water partition coefficient (Wildman–Crippen LogP) is 35.8. The Morgan fingerprint density at radius 2 is 0.507 bits per heavy atom. The van der Waals surface area contributed by atoms with Crippen LogP contribution in [0.5, 0.6) is 0 Å². The van der Waals surface area contributed by atoms with Crippen molar-refractivity contribution >= 4 is 198 Å². The molecule has 694 valence electrons. The summed E-state index contributed by atoms with van der Waals surface area (Å²) in [6, 6.07) is 150. The van der Waals surface area contributed by atoms with Gasteiger partial charge >= 0.3 is 0 Å². The van der Waals surface area contributed by atoms with Gasteiger partial charge in [0.05, 0.1) is 38.6 Å². The highest BCUT2D eigenvalue weighted by Gasteiger charge is 2.31. The van der Waals surface area contributed by atoms with E-state index in [0.717, 1.165) is 114 Å². The molecule has 0 aliphatic carbocycles. The van der Waals surface area contributed by atoms with Crippen LogP contribution in [0.15, 0.2) is 467 Å². The van der Waals surface area contributed by atoms with Gasteiger partial charge in [-0.05, 0) is 105 Å². The van der Waals surface area contributed by atoms with Crippen molar-refractivity contribution in [2.24, 2.45) is 0 Å². The van der Waals surface area contributed by atoms with Crippen molar-refractivity contribution in [1.82, 2.24) is 58.6 Å². The summed E-state index contributed by atoms with van der Waals surface area (Å²) in [5.74, 6) is 4.94. The van der Waals surface area contributed by atoms with Crippen molar-refractivity contribution in [1.29, 1.82) is 0 Å². The summed E-state index contributed by atoms with van der Waals surface area (Å²) in [5.41, 5.74) is 20.2. The van der Waals surface area contributed by atoms with E-state index in [1.807, 2.05) is 197 Å². The summed E-state index contributed by atoms with van der Waals surface area (Å²) in [6.07, 6.45) is 4.33. The second-order valence-electron chi connectivity index (χ2n) is 36.9. The second-order valence-corrected chi connectivity index (χ2v) is 40.0. The third-order valence-corrected chi connectivity index (χ3v) is 32.2. The average molecular weight is 1950 g/mol. The molecule has 0 fully saturated rings. The number of para-hydroxylation sites is 1. The lowest BCUT2D eigenvalue weighted by Gasteiger charge is -2.12. The number of allylic oxidation sites excluding steroid dienone is 1. The number of benzene rings is 21. The molecule has 0 bridgehead atoms. The third kappa shape index (κ3) is 14.6. The summed E-state index contributed by atoms with van der Waals surface area (Å²) < 4.78 is 50.1. The molecule has 0 aliphatic heterocycles. The summed E-state index contributed by atoms with van der Waals surface area (Å²) in [4.78, 5) is 46.3. The van der Waals surface area contributed by atoms with Crippen molar-refractivity contribution in [2.45, 2.75) is 13.8 Å². The highest BCUT2D eigenvalue weighted by atomic mass is 32.1. The van der Waals surface area contributed by atoms with E-state index in [0.29, 0.717) is 57.7 Å². The number of hydrogen-bond acceptors (Lipinski definition) is 12. The Morgan fingerprint density at radius 1 is 0.216 bits per heavy atom. The quantitative estimate of drug-likeness (QED) is 0.111. The monoisotopic (exact) mass is 1950 g/mol. The van der Waals surface area contributed by atoms with E-state index in [-0.39, 0.29) is 30.1 Å². The van der Waals surface area contributed by atoms with Gasteiger partial charge in [0.2, 0.25) is 17.8 Å². The molecule has 0 unspecified atom stereocenters. The second kappa shape index (κ2) is 36.3. The zero-order valence-corrected chi connectivity index (χ0v) is 82.3. The van der Waals surface area contributed by atoms with Crippen molar-refractivity contribution in [3.8, 4) is 120 Å². The molecule has 0 spiro atoms. The average Bonchev–Trinajstić information content (AvgIpc) is 1.52. The molecule has 148 heavy (non-hydrogen) atoms. The first kappa shape index (κ1) is 82.8. The summed E-state index contributed by atoms with van der Waals surface area (Å²) >= 11 is 5.47. The largest absolute Gasteiger partial charge is 0.277 e.